The first-order valence-electron chi connectivity index (χ1n) is 18.7. The predicted octanol–water partition coefficient (Wildman–Crippen LogP) is 9.91. The van der Waals surface area contributed by atoms with Crippen molar-refractivity contribution in [3.05, 3.63) is 0 Å². The first-order valence-corrected chi connectivity index (χ1v) is 18.7. The van der Waals surface area contributed by atoms with Gasteiger partial charge < -0.3 is 14.2 Å². The minimum atomic E-state index is -5.76. The maximum absolute atomic E-state index is 12.9. The van der Waals surface area contributed by atoms with E-state index in [9.17, 15) is 40.7 Å². The van der Waals surface area contributed by atoms with Crippen molar-refractivity contribution < 1.29 is 54.9 Å². The first kappa shape index (κ1) is 39.2. The summed E-state index contributed by atoms with van der Waals surface area (Å²) in [6.45, 7) is 11.9. The lowest BCUT2D eigenvalue weighted by Gasteiger charge is -2.60. The van der Waals surface area contributed by atoms with Crippen LogP contribution in [-0.4, -0.2) is 48.6 Å². The van der Waals surface area contributed by atoms with Gasteiger partial charge in [-0.3, -0.25) is 14.4 Å². The highest BCUT2D eigenvalue weighted by atomic mass is 19.4. The van der Waals surface area contributed by atoms with Gasteiger partial charge in [0, 0.05) is 6.42 Å². The van der Waals surface area contributed by atoms with E-state index in [0.717, 1.165) is 30.6 Å². The number of hydrogen-bond donors (Lipinski definition) is 0. The Morgan fingerprint density at radius 1 is 0.660 bits per heavy atom. The van der Waals surface area contributed by atoms with Crippen molar-refractivity contribution in [1.29, 1.82) is 0 Å². The monoisotopic (exact) mass is 722 g/mol. The molecule has 8 saturated carbocycles. The smallest absolute Gasteiger partial charge is 0.434 e. The summed E-state index contributed by atoms with van der Waals surface area (Å²) in [5.41, 5.74) is -3.10. The van der Waals surface area contributed by atoms with Gasteiger partial charge >= 0.3 is 30.3 Å². The lowest BCUT2D eigenvalue weighted by atomic mass is 9.48. The van der Waals surface area contributed by atoms with E-state index in [0.29, 0.717) is 37.7 Å². The van der Waals surface area contributed by atoms with Gasteiger partial charge in [-0.1, -0.05) is 13.8 Å². The number of carbonyl (C=O) groups excluding carboxylic acids is 3. The maximum Gasteiger partial charge on any atom is 0.434 e. The highest BCUT2D eigenvalue weighted by molar-refractivity contribution is 5.79. The zero-order valence-electron chi connectivity index (χ0n) is 30.5. The van der Waals surface area contributed by atoms with Crippen LogP contribution in [0.4, 0.5) is 26.3 Å². The van der Waals surface area contributed by atoms with Crippen LogP contribution in [0.2, 0.25) is 0 Å². The molecule has 8 aliphatic rings. The Hall–Kier alpha value is -2.01. The van der Waals surface area contributed by atoms with Crippen molar-refractivity contribution in [2.75, 3.05) is 6.61 Å². The predicted molar refractivity (Wildman–Crippen MR) is 172 cm³/mol. The van der Waals surface area contributed by atoms with Crippen LogP contribution in [0.5, 0.6) is 0 Å². The van der Waals surface area contributed by atoms with Crippen LogP contribution < -0.4 is 0 Å². The number of rotatable bonds is 10. The topological polar surface area (TPSA) is 78.9 Å². The quantitative estimate of drug-likeness (QED) is 0.127. The molecule has 12 heteroatoms. The zero-order chi connectivity index (χ0) is 37.1. The second-order valence-electron chi connectivity index (χ2n) is 18.5. The number of carbonyl (C=O) groups is 3. The molecule has 0 radical (unpaired) electrons. The molecule has 6 nitrogen and oxygen atoms in total. The van der Waals surface area contributed by atoms with E-state index in [2.05, 4.69) is 11.7 Å². The van der Waals surface area contributed by atoms with Crippen molar-refractivity contribution in [3.8, 4) is 0 Å². The highest BCUT2D eigenvalue weighted by Crippen LogP contribution is 2.64. The van der Waals surface area contributed by atoms with Crippen molar-refractivity contribution in [2.24, 2.45) is 51.2 Å². The molecule has 2 unspecified atom stereocenters. The molecule has 8 rings (SSSR count). The third kappa shape index (κ3) is 8.13. The van der Waals surface area contributed by atoms with E-state index in [1.54, 1.807) is 13.8 Å². The SMILES string of the molecule is CCC(C)(C)C(=O)OC12CC3CC(C1)CC(C(=O)OC(C(F)(F)F)C(F)(F)F)(C3)C2.CCC(C)(C)C(=O)OCCC12CC3CC(CC(C3)C1)C2. The number of ether oxygens (including phenoxy) is 3. The molecule has 8 bridgehead atoms. The van der Waals surface area contributed by atoms with Crippen molar-refractivity contribution in [2.45, 2.75) is 162 Å². The van der Waals surface area contributed by atoms with Crippen LogP contribution in [0.3, 0.4) is 0 Å². The second-order valence-corrected chi connectivity index (χ2v) is 18.5. The minimum Gasteiger partial charge on any atom is -0.465 e. The molecule has 0 aromatic carbocycles. The van der Waals surface area contributed by atoms with E-state index in [4.69, 9.17) is 9.47 Å². The number of halogens is 6. The summed E-state index contributed by atoms with van der Waals surface area (Å²) >= 11 is 0. The number of alkyl halides is 6. The molecule has 0 N–H and O–H groups in total. The van der Waals surface area contributed by atoms with Crippen LogP contribution in [0.25, 0.3) is 0 Å². The molecule has 0 heterocycles. The first-order chi connectivity index (χ1) is 22.9. The fourth-order valence-electron chi connectivity index (χ4n) is 10.9. The fraction of sp³-hybridized carbons (Fsp3) is 0.921. The molecule has 0 aromatic rings. The molecule has 50 heavy (non-hydrogen) atoms. The summed E-state index contributed by atoms with van der Waals surface area (Å²) in [5.74, 6) is 0.783. The Morgan fingerprint density at radius 3 is 1.54 bits per heavy atom. The van der Waals surface area contributed by atoms with Gasteiger partial charge in [-0.25, -0.2) is 0 Å². The summed E-state index contributed by atoms with van der Waals surface area (Å²) in [4.78, 5) is 37.4. The lowest BCUT2D eigenvalue weighted by Crippen LogP contribution is -2.61. The summed E-state index contributed by atoms with van der Waals surface area (Å²) in [6.07, 6.45) is -2.67. The average molecular weight is 723 g/mol. The molecule has 0 saturated heterocycles. The molecule has 0 spiro atoms. The molecular weight excluding hydrogens is 666 g/mol. The van der Waals surface area contributed by atoms with E-state index >= 15 is 0 Å². The molecule has 8 fully saturated rings. The zero-order valence-corrected chi connectivity index (χ0v) is 30.5. The Labute approximate surface area is 292 Å². The van der Waals surface area contributed by atoms with Crippen LogP contribution in [-0.2, 0) is 28.6 Å². The number of esters is 3. The third-order valence-corrected chi connectivity index (χ3v) is 13.5. The van der Waals surface area contributed by atoms with Crippen LogP contribution in [0, 0.1) is 51.2 Å². The molecule has 286 valence electrons. The largest absolute Gasteiger partial charge is 0.465 e. The van der Waals surface area contributed by atoms with E-state index in [1.165, 1.54) is 38.5 Å². The van der Waals surface area contributed by atoms with E-state index in [-0.39, 0.29) is 42.5 Å². The number of hydrogen-bond acceptors (Lipinski definition) is 6. The highest BCUT2D eigenvalue weighted by Gasteiger charge is 2.66. The van der Waals surface area contributed by atoms with Gasteiger partial charge in [-0.2, -0.15) is 26.3 Å². The van der Waals surface area contributed by atoms with E-state index in [1.807, 2.05) is 20.8 Å². The standard InChI is InChI=1S/C20H26F6O4.C18H30O2/c1-4-16(2,3)14(27)30-18-8-11-5-12(9-18)7-17(6-11,10-18)15(28)29-13(19(21,22)23)20(24,25)26;1-4-17(2,3)16(19)20-6-5-18-10-13-7-14(11-18)9-15(8-13)12-18/h11-13H,4-10H2,1-3H3;13-15H,4-12H2,1-3H3. The Kier molecular flexibility index (Phi) is 10.5. The third-order valence-electron chi connectivity index (χ3n) is 13.5. The van der Waals surface area contributed by atoms with Gasteiger partial charge in [0.25, 0.3) is 6.10 Å². The van der Waals surface area contributed by atoms with Crippen LogP contribution >= 0.6 is 0 Å². The van der Waals surface area contributed by atoms with Gasteiger partial charge in [0.05, 0.1) is 22.9 Å². The Morgan fingerprint density at radius 2 is 1.10 bits per heavy atom. The second kappa shape index (κ2) is 13.4. The fourth-order valence-corrected chi connectivity index (χ4v) is 10.9. The van der Waals surface area contributed by atoms with Gasteiger partial charge in [0.15, 0.2) is 0 Å². The molecule has 0 amide bonds. The van der Waals surface area contributed by atoms with Crippen LogP contribution in [0.1, 0.15) is 138 Å². The maximum atomic E-state index is 12.9. The summed E-state index contributed by atoms with van der Waals surface area (Å²) in [7, 11) is 0. The Bertz CT molecular complexity index is 1220. The van der Waals surface area contributed by atoms with Gasteiger partial charge in [0.2, 0.25) is 0 Å². The van der Waals surface area contributed by atoms with Crippen LogP contribution in [0.15, 0.2) is 0 Å². The van der Waals surface area contributed by atoms with Crippen molar-refractivity contribution in [1.82, 2.24) is 0 Å². The van der Waals surface area contributed by atoms with Gasteiger partial charge in [-0.15, -0.1) is 0 Å². The van der Waals surface area contributed by atoms with Crippen molar-refractivity contribution in [3.63, 3.8) is 0 Å². The van der Waals surface area contributed by atoms with Crippen molar-refractivity contribution >= 4 is 17.9 Å². The molecule has 8 aliphatic carbocycles. The molecule has 0 aromatic heterocycles. The molecule has 0 aliphatic heterocycles. The Balaban J connectivity index is 0.000000210. The summed E-state index contributed by atoms with van der Waals surface area (Å²) < 4.78 is 92.9. The average Bonchev–Trinajstić information content (AvgIpc) is 2.97. The van der Waals surface area contributed by atoms with E-state index < -0.39 is 46.8 Å². The summed E-state index contributed by atoms with van der Waals surface area (Å²) in [6, 6.07) is 0. The molecule has 2 atom stereocenters. The lowest BCUT2D eigenvalue weighted by molar-refractivity contribution is -0.318. The normalized spacial score (nSPS) is 35.8. The van der Waals surface area contributed by atoms with Gasteiger partial charge in [-0.05, 0) is 153 Å². The van der Waals surface area contributed by atoms with Gasteiger partial charge in [0.1, 0.15) is 5.60 Å². The minimum absolute atomic E-state index is 0.00951. The summed E-state index contributed by atoms with van der Waals surface area (Å²) in [5, 5.41) is 0. The molecular formula is C38H56F6O6.